The average molecular weight is 745 g/mol. The molecule has 2 aromatic rings. The molecule has 5 unspecified atom stereocenters. The summed E-state index contributed by atoms with van der Waals surface area (Å²) < 4.78 is 74.0. The molecule has 0 spiro atoms. The van der Waals surface area contributed by atoms with Crippen molar-refractivity contribution < 1.29 is 45.6 Å². The Labute approximate surface area is 281 Å². The third kappa shape index (κ3) is 25.1. The first kappa shape index (κ1) is 45.4. The molecule has 47 heavy (non-hydrogen) atoms. The third-order valence-electron chi connectivity index (χ3n) is 5.23. The maximum atomic E-state index is 13.0. The highest BCUT2D eigenvalue weighted by Gasteiger charge is 2.50. The van der Waals surface area contributed by atoms with Crippen LogP contribution in [0.3, 0.4) is 0 Å². The number of rotatable bonds is 14. The van der Waals surface area contributed by atoms with Gasteiger partial charge in [0.1, 0.15) is 26.1 Å². The molecule has 3 rings (SSSR count). The monoisotopic (exact) mass is 744 g/mol. The molecule has 1 aliphatic heterocycles. The SMILES string of the molecule is CC(CO)NP(C)(C)=O.CC(COS(C)(=O)=O)NP(C)(C)=O.CC(N)CO.CC1CN1P(=O)(Oc1ccccc1)Oc1ccccc1. The van der Waals surface area contributed by atoms with E-state index >= 15 is 0 Å². The third-order valence-corrected chi connectivity index (χ3v) is 9.98. The summed E-state index contributed by atoms with van der Waals surface area (Å²) >= 11 is 0. The minimum atomic E-state index is -3.40. The highest BCUT2D eigenvalue weighted by molar-refractivity contribution is 7.86. The molecule has 5 atom stereocenters. The van der Waals surface area contributed by atoms with Crippen LogP contribution in [0, 0.1) is 0 Å². The summed E-state index contributed by atoms with van der Waals surface area (Å²) in [6, 6.07) is 18.1. The van der Waals surface area contributed by atoms with Crippen molar-refractivity contribution in [1.82, 2.24) is 14.8 Å². The smallest absolute Gasteiger partial charge is 0.404 e. The summed E-state index contributed by atoms with van der Waals surface area (Å²) in [5.74, 6) is 1.09. The fourth-order valence-corrected chi connectivity index (χ4v) is 7.96. The number of hydrogen-bond donors (Lipinski definition) is 5. The van der Waals surface area contributed by atoms with Crippen LogP contribution < -0.4 is 25.0 Å². The zero-order valence-electron chi connectivity index (χ0n) is 28.8. The molecule has 6 N–H and O–H groups in total. The molecule has 0 aliphatic carbocycles. The molecule has 1 aliphatic rings. The molecule has 18 heteroatoms. The summed E-state index contributed by atoms with van der Waals surface area (Å²) in [6.45, 7) is 14.5. The highest BCUT2D eigenvalue weighted by Crippen LogP contribution is 2.57. The van der Waals surface area contributed by atoms with Gasteiger partial charge in [-0.3, -0.25) is 14.4 Å². The molecule has 1 fully saturated rings. The predicted molar refractivity (Wildman–Crippen MR) is 191 cm³/mol. The second-order valence-corrected chi connectivity index (χ2v) is 21.2. The zero-order valence-corrected chi connectivity index (χ0v) is 32.3. The zero-order chi connectivity index (χ0) is 36.5. The van der Waals surface area contributed by atoms with E-state index in [1.807, 2.05) is 43.3 Å². The largest absolute Gasteiger partial charge is 0.515 e. The Morgan fingerprint density at radius 2 is 1.19 bits per heavy atom. The van der Waals surface area contributed by atoms with Crippen molar-refractivity contribution in [2.24, 2.45) is 5.73 Å². The van der Waals surface area contributed by atoms with E-state index in [1.54, 1.807) is 76.4 Å². The molecule has 0 radical (unpaired) electrons. The van der Waals surface area contributed by atoms with Crippen LogP contribution in [0.2, 0.25) is 0 Å². The van der Waals surface area contributed by atoms with Crippen LogP contribution in [0.4, 0.5) is 0 Å². The van der Waals surface area contributed by atoms with Crippen LogP contribution in [0.1, 0.15) is 27.7 Å². The van der Waals surface area contributed by atoms with Crippen LogP contribution in [-0.2, 0) is 28.0 Å². The lowest BCUT2D eigenvalue weighted by Gasteiger charge is -2.20. The number of nitrogens with one attached hydrogen (secondary N) is 2. The molecule has 272 valence electrons. The van der Waals surface area contributed by atoms with Crippen LogP contribution >= 0.6 is 22.3 Å². The maximum Gasteiger partial charge on any atom is 0.515 e. The quantitative estimate of drug-likeness (QED) is 0.104. The Bertz CT molecular complexity index is 1350. The first-order chi connectivity index (χ1) is 21.5. The lowest BCUT2D eigenvalue weighted by molar-refractivity contribution is 0.265. The minimum Gasteiger partial charge on any atom is -0.404 e. The minimum absolute atomic E-state index is 0.00447. The molecule has 14 nitrogen and oxygen atoms in total. The van der Waals surface area contributed by atoms with Gasteiger partial charge in [-0.1, -0.05) is 36.4 Å². The topological polar surface area (TPSA) is 207 Å². The predicted octanol–water partition coefficient (Wildman–Crippen LogP) is 4.26. The van der Waals surface area contributed by atoms with Gasteiger partial charge in [0.05, 0.1) is 26.1 Å². The fourth-order valence-electron chi connectivity index (χ4n) is 3.28. The number of para-hydroxylation sites is 2. The van der Waals surface area contributed by atoms with Crippen molar-refractivity contribution in [3.63, 3.8) is 0 Å². The Morgan fingerprint density at radius 1 is 0.830 bits per heavy atom. The second-order valence-electron chi connectivity index (χ2n) is 11.8. The Balaban J connectivity index is 0.000000678. The molecule has 0 bridgehead atoms. The van der Waals surface area contributed by atoms with E-state index in [1.165, 1.54) is 0 Å². The van der Waals surface area contributed by atoms with Gasteiger partial charge in [0.25, 0.3) is 10.1 Å². The van der Waals surface area contributed by atoms with E-state index in [4.69, 9.17) is 25.0 Å². The number of benzene rings is 2. The fraction of sp³-hybridized carbons (Fsp3) is 0.586. The molecule has 0 saturated carbocycles. The average Bonchev–Trinajstić information content (AvgIpc) is 3.69. The standard InChI is InChI=1S/C15H16NO3P.C6H16NO4PS.C5H14NO2P.C3H9NO/c1-13-12-16(13)20(17,18-14-8-4-2-5-9-14)19-15-10-6-3-7-11-15;1-6(7-12(2,3)8)5-11-13(4,9)10;1-5(4-7)6-9(2,3)8;1-3(4)2-5/h2-11,13H,12H2,1H3;6H,5H2,1-4H3,(H,7,8);5,7H,4H2,1-3H3,(H,6,8);3,5H,2,4H2,1H3. The van der Waals surface area contributed by atoms with Crippen molar-refractivity contribution in [3.05, 3.63) is 60.7 Å². The van der Waals surface area contributed by atoms with E-state index in [2.05, 4.69) is 14.4 Å². The van der Waals surface area contributed by atoms with Crippen molar-refractivity contribution in [2.45, 2.75) is 51.9 Å². The number of nitrogens with zero attached hydrogens (tertiary/aromatic N) is 1. The number of nitrogens with two attached hydrogens (primary N) is 1. The van der Waals surface area contributed by atoms with E-state index < -0.39 is 32.4 Å². The molecule has 0 amide bonds. The van der Waals surface area contributed by atoms with Gasteiger partial charge in [-0.2, -0.15) is 13.1 Å². The number of aliphatic hydroxyl groups is 2. The van der Waals surface area contributed by atoms with E-state index in [-0.39, 0.29) is 44.0 Å². The molecular formula is C29H55N4O10P3S. The number of aliphatic hydroxyl groups excluding tert-OH is 2. The Hall–Kier alpha value is -1.60. The van der Waals surface area contributed by atoms with Gasteiger partial charge in [0.15, 0.2) is 0 Å². The van der Waals surface area contributed by atoms with Gasteiger partial charge in [0, 0.05) is 57.4 Å². The summed E-state index contributed by atoms with van der Waals surface area (Å²) in [5.41, 5.74) is 5.04. The normalized spacial score (nSPS) is 18.0. The molecular weight excluding hydrogens is 689 g/mol. The van der Waals surface area contributed by atoms with Crippen molar-refractivity contribution in [3.8, 4) is 11.5 Å². The Morgan fingerprint density at radius 3 is 1.45 bits per heavy atom. The van der Waals surface area contributed by atoms with Crippen molar-refractivity contribution in [1.29, 1.82) is 0 Å². The number of hydrogen-bond acceptors (Lipinski definition) is 11. The van der Waals surface area contributed by atoms with Crippen LogP contribution in [0.15, 0.2) is 60.7 Å². The summed E-state index contributed by atoms with van der Waals surface area (Å²) in [6.07, 6.45) is 0.983. The first-order valence-corrected chi connectivity index (χ1v) is 23.3. The summed E-state index contributed by atoms with van der Waals surface area (Å²) in [5, 5.41) is 22.1. The van der Waals surface area contributed by atoms with Gasteiger partial charge in [-0.05, 0) is 52.0 Å². The first-order valence-electron chi connectivity index (χ1n) is 14.8. The van der Waals surface area contributed by atoms with Gasteiger partial charge < -0.3 is 34.1 Å². The van der Waals surface area contributed by atoms with E-state index in [0.717, 1.165) is 12.8 Å². The van der Waals surface area contributed by atoms with E-state index in [0.29, 0.717) is 11.5 Å². The molecule has 0 aromatic heterocycles. The van der Waals surface area contributed by atoms with Gasteiger partial charge in [-0.15, -0.1) is 0 Å². The molecule has 2 aromatic carbocycles. The van der Waals surface area contributed by atoms with Gasteiger partial charge >= 0.3 is 7.75 Å². The van der Waals surface area contributed by atoms with Gasteiger partial charge in [0.2, 0.25) is 0 Å². The van der Waals surface area contributed by atoms with Crippen molar-refractivity contribution in [2.75, 3.05) is 59.3 Å². The maximum absolute atomic E-state index is 13.0. The lowest BCUT2D eigenvalue weighted by atomic mass is 10.3. The van der Waals surface area contributed by atoms with E-state index in [9.17, 15) is 22.1 Å². The Kier molecular flexibility index (Phi) is 20.7. The summed E-state index contributed by atoms with van der Waals surface area (Å²) in [7, 11) is -11.2. The lowest BCUT2D eigenvalue weighted by Crippen LogP contribution is -2.28. The van der Waals surface area contributed by atoms with Gasteiger partial charge in [-0.25, -0.2) is 4.57 Å². The van der Waals surface area contributed by atoms with Crippen molar-refractivity contribution >= 4 is 32.4 Å². The molecule has 1 heterocycles. The second kappa shape index (κ2) is 21.5. The molecule has 1 saturated heterocycles. The van der Waals surface area contributed by atoms with Crippen LogP contribution in [-0.4, -0.2) is 107 Å². The summed E-state index contributed by atoms with van der Waals surface area (Å²) in [4.78, 5) is 0. The van der Waals surface area contributed by atoms with Crippen LogP contribution in [0.25, 0.3) is 0 Å². The van der Waals surface area contributed by atoms with Crippen LogP contribution in [0.5, 0.6) is 11.5 Å². The highest BCUT2D eigenvalue weighted by atomic mass is 32.2.